The standard InChI is InChI=1S/C18H18N2O2/c1-3-22-18(21)20-19-12(2)13-8-9-17-15(10-13)11-14-6-4-5-7-16(14)17/h4-10H,3,11H2,1-2H3,(H,20,21)/b19-12-. The van der Waals surface area contributed by atoms with Gasteiger partial charge in [0.15, 0.2) is 0 Å². The zero-order valence-corrected chi connectivity index (χ0v) is 12.7. The smallest absolute Gasteiger partial charge is 0.427 e. The van der Waals surface area contributed by atoms with E-state index >= 15 is 0 Å². The zero-order valence-electron chi connectivity index (χ0n) is 12.7. The molecule has 0 aliphatic heterocycles. The van der Waals surface area contributed by atoms with Gasteiger partial charge in [0, 0.05) is 0 Å². The Hall–Kier alpha value is -2.62. The second kappa shape index (κ2) is 6.02. The summed E-state index contributed by atoms with van der Waals surface area (Å²) in [7, 11) is 0. The van der Waals surface area contributed by atoms with Crippen LogP contribution in [0, 0.1) is 0 Å². The molecule has 112 valence electrons. The van der Waals surface area contributed by atoms with E-state index in [1.54, 1.807) is 6.92 Å². The van der Waals surface area contributed by atoms with Crippen LogP contribution in [-0.2, 0) is 11.2 Å². The monoisotopic (exact) mass is 294 g/mol. The molecule has 0 heterocycles. The molecule has 0 unspecified atom stereocenters. The van der Waals surface area contributed by atoms with Crippen LogP contribution in [0.1, 0.15) is 30.5 Å². The van der Waals surface area contributed by atoms with Gasteiger partial charge in [-0.25, -0.2) is 10.2 Å². The van der Waals surface area contributed by atoms with Crippen LogP contribution < -0.4 is 5.43 Å². The maximum Gasteiger partial charge on any atom is 0.427 e. The number of hydrazone groups is 1. The first-order chi connectivity index (χ1) is 10.7. The van der Waals surface area contributed by atoms with Gasteiger partial charge in [-0.05, 0) is 54.2 Å². The summed E-state index contributed by atoms with van der Waals surface area (Å²) in [6, 6.07) is 14.8. The van der Waals surface area contributed by atoms with Crippen LogP contribution in [0.3, 0.4) is 0 Å². The van der Waals surface area contributed by atoms with Crippen molar-refractivity contribution in [1.82, 2.24) is 5.43 Å². The van der Waals surface area contributed by atoms with E-state index < -0.39 is 6.09 Å². The highest BCUT2D eigenvalue weighted by atomic mass is 16.5. The van der Waals surface area contributed by atoms with Crippen LogP contribution in [-0.4, -0.2) is 18.4 Å². The van der Waals surface area contributed by atoms with E-state index in [1.807, 2.05) is 13.0 Å². The summed E-state index contributed by atoms with van der Waals surface area (Å²) in [5, 5.41) is 4.08. The van der Waals surface area contributed by atoms with Crippen molar-refractivity contribution in [3.05, 3.63) is 59.2 Å². The average Bonchev–Trinajstić information content (AvgIpc) is 2.90. The molecule has 4 nitrogen and oxygen atoms in total. The molecule has 3 rings (SSSR count). The number of fused-ring (bicyclic) bond motifs is 3. The minimum atomic E-state index is -0.532. The molecule has 1 amide bonds. The van der Waals surface area contributed by atoms with Gasteiger partial charge in [0.05, 0.1) is 12.3 Å². The van der Waals surface area contributed by atoms with Crippen LogP contribution in [0.4, 0.5) is 4.79 Å². The fourth-order valence-corrected chi connectivity index (χ4v) is 2.73. The maximum atomic E-state index is 11.3. The second-order valence-electron chi connectivity index (χ2n) is 5.24. The molecule has 22 heavy (non-hydrogen) atoms. The maximum absolute atomic E-state index is 11.3. The minimum absolute atomic E-state index is 0.331. The Morgan fingerprint density at radius 1 is 1.18 bits per heavy atom. The number of carbonyl (C=O) groups excluding carboxylic acids is 1. The molecule has 2 aromatic carbocycles. The second-order valence-corrected chi connectivity index (χ2v) is 5.24. The number of carbonyl (C=O) groups is 1. The predicted octanol–water partition coefficient (Wildman–Crippen LogP) is 3.73. The Labute approximate surface area is 129 Å². The van der Waals surface area contributed by atoms with Crippen molar-refractivity contribution >= 4 is 11.8 Å². The van der Waals surface area contributed by atoms with Gasteiger partial charge in [0.2, 0.25) is 0 Å². The van der Waals surface area contributed by atoms with E-state index in [9.17, 15) is 4.79 Å². The Bertz CT molecular complexity index is 751. The summed E-state index contributed by atoms with van der Waals surface area (Å²) < 4.78 is 4.79. The molecule has 1 N–H and O–H groups in total. The zero-order chi connectivity index (χ0) is 15.5. The lowest BCUT2D eigenvalue weighted by Crippen LogP contribution is -2.20. The number of amides is 1. The predicted molar refractivity (Wildman–Crippen MR) is 87.1 cm³/mol. The summed E-state index contributed by atoms with van der Waals surface area (Å²) in [6.07, 6.45) is 0.410. The third-order valence-corrected chi connectivity index (χ3v) is 3.80. The molecule has 1 aliphatic rings. The van der Waals surface area contributed by atoms with Gasteiger partial charge in [0.25, 0.3) is 0 Å². The third-order valence-electron chi connectivity index (χ3n) is 3.80. The summed E-state index contributed by atoms with van der Waals surface area (Å²) in [5.74, 6) is 0. The first-order valence-electron chi connectivity index (χ1n) is 7.37. The molecule has 2 aromatic rings. The van der Waals surface area contributed by atoms with Gasteiger partial charge in [0.1, 0.15) is 0 Å². The van der Waals surface area contributed by atoms with Crippen LogP contribution in [0.15, 0.2) is 47.6 Å². The largest absolute Gasteiger partial charge is 0.449 e. The molecule has 0 saturated heterocycles. The van der Waals surface area contributed by atoms with Crippen molar-refractivity contribution in [2.24, 2.45) is 5.10 Å². The number of hydrogen-bond acceptors (Lipinski definition) is 3. The number of hydrogen-bond donors (Lipinski definition) is 1. The number of nitrogens with zero attached hydrogens (tertiary/aromatic N) is 1. The van der Waals surface area contributed by atoms with Gasteiger partial charge < -0.3 is 4.74 Å². The molecule has 1 aliphatic carbocycles. The highest BCUT2D eigenvalue weighted by Crippen LogP contribution is 2.36. The lowest BCUT2D eigenvalue weighted by atomic mass is 10.0. The van der Waals surface area contributed by atoms with Gasteiger partial charge in [-0.15, -0.1) is 0 Å². The number of nitrogens with one attached hydrogen (secondary N) is 1. The van der Waals surface area contributed by atoms with Gasteiger partial charge >= 0.3 is 6.09 Å². The summed E-state index contributed by atoms with van der Waals surface area (Å²) >= 11 is 0. The first-order valence-corrected chi connectivity index (χ1v) is 7.37. The van der Waals surface area contributed by atoms with Gasteiger partial charge in [-0.2, -0.15) is 5.10 Å². The van der Waals surface area contributed by atoms with E-state index in [0.29, 0.717) is 6.61 Å². The summed E-state index contributed by atoms with van der Waals surface area (Å²) in [4.78, 5) is 11.3. The summed E-state index contributed by atoms with van der Waals surface area (Å²) in [5.41, 5.74) is 9.40. The molecular formula is C18H18N2O2. The molecule has 0 radical (unpaired) electrons. The van der Waals surface area contributed by atoms with Crippen LogP contribution in [0.2, 0.25) is 0 Å². The SMILES string of the molecule is CCOC(=O)N/N=C(/C)c1ccc2c(c1)Cc1ccccc1-2. The van der Waals surface area contributed by atoms with Crippen LogP contribution in [0.25, 0.3) is 11.1 Å². The van der Waals surface area contributed by atoms with E-state index in [-0.39, 0.29) is 0 Å². The highest BCUT2D eigenvalue weighted by Gasteiger charge is 2.18. The van der Waals surface area contributed by atoms with E-state index in [4.69, 9.17) is 4.74 Å². The van der Waals surface area contributed by atoms with E-state index in [0.717, 1.165) is 17.7 Å². The van der Waals surface area contributed by atoms with E-state index in [2.05, 4.69) is 46.9 Å². The van der Waals surface area contributed by atoms with Crippen LogP contribution in [0.5, 0.6) is 0 Å². The topological polar surface area (TPSA) is 50.7 Å². The molecule has 4 heteroatoms. The molecule has 0 atom stereocenters. The average molecular weight is 294 g/mol. The normalized spacial score (nSPS) is 12.5. The lowest BCUT2D eigenvalue weighted by Gasteiger charge is -2.06. The van der Waals surface area contributed by atoms with Gasteiger partial charge in [-0.1, -0.05) is 36.4 Å². The molecular weight excluding hydrogens is 276 g/mol. The van der Waals surface area contributed by atoms with Crippen molar-refractivity contribution in [2.45, 2.75) is 20.3 Å². The van der Waals surface area contributed by atoms with Gasteiger partial charge in [-0.3, -0.25) is 0 Å². The Balaban J connectivity index is 1.82. The molecule has 0 saturated carbocycles. The quantitative estimate of drug-likeness (QED) is 0.591. The van der Waals surface area contributed by atoms with Crippen LogP contribution >= 0.6 is 0 Å². The molecule has 0 fully saturated rings. The Kier molecular flexibility index (Phi) is 3.92. The fraction of sp³-hybridized carbons (Fsp3) is 0.222. The van der Waals surface area contributed by atoms with Crippen molar-refractivity contribution in [3.8, 4) is 11.1 Å². The lowest BCUT2D eigenvalue weighted by molar-refractivity contribution is 0.152. The Morgan fingerprint density at radius 2 is 1.95 bits per heavy atom. The van der Waals surface area contributed by atoms with Crippen molar-refractivity contribution in [2.75, 3.05) is 6.61 Å². The van der Waals surface area contributed by atoms with Crippen molar-refractivity contribution in [1.29, 1.82) is 0 Å². The van der Waals surface area contributed by atoms with Crippen molar-refractivity contribution < 1.29 is 9.53 Å². The molecule has 0 bridgehead atoms. The fourth-order valence-electron chi connectivity index (χ4n) is 2.73. The third kappa shape index (κ3) is 2.72. The first kappa shape index (κ1) is 14.3. The highest BCUT2D eigenvalue weighted by molar-refractivity contribution is 6.00. The van der Waals surface area contributed by atoms with E-state index in [1.165, 1.54) is 22.3 Å². The molecule has 0 aromatic heterocycles. The Morgan fingerprint density at radius 3 is 2.77 bits per heavy atom. The number of rotatable bonds is 3. The van der Waals surface area contributed by atoms with Crippen molar-refractivity contribution in [3.63, 3.8) is 0 Å². The summed E-state index contributed by atoms with van der Waals surface area (Å²) in [6.45, 7) is 3.96. The molecule has 0 spiro atoms. The number of ether oxygens (including phenoxy) is 1. The number of benzene rings is 2. The minimum Gasteiger partial charge on any atom is -0.449 e.